The normalized spacial score (nSPS) is 16.3. The molecule has 1 saturated heterocycles. The first-order chi connectivity index (χ1) is 10.5. The summed E-state index contributed by atoms with van der Waals surface area (Å²) in [5, 5.41) is 8.72. The smallest absolute Gasteiger partial charge is 0.304 e. The topological polar surface area (TPSA) is 60.9 Å². The number of carbonyl (C=O) groups excluding carboxylic acids is 1. The van der Waals surface area contributed by atoms with Crippen molar-refractivity contribution in [3.05, 3.63) is 35.6 Å². The lowest BCUT2D eigenvalue weighted by molar-refractivity contribution is -0.137. The van der Waals surface area contributed by atoms with Gasteiger partial charge in [-0.25, -0.2) is 4.39 Å². The number of amides is 1. The molecule has 1 amide bonds. The van der Waals surface area contributed by atoms with E-state index < -0.39 is 5.97 Å². The summed E-state index contributed by atoms with van der Waals surface area (Å²) >= 11 is 0. The van der Waals surface area contributed by atoms with Gasteiger partial charge in [0.05, 0.1) is 12.8 Å². The summed E-state index contributed by atoms with van der Waals surface area (Å²) in [6, 6.07) is 6.10. The minimum Gasteiger partial charge on any atom is -0.481 e. The van der Waals surface area contributed by atoms with Crippen LogP contribution in [0.15, 0.2) is 24.3 Å². The number of hydrogen-bond donors (Lipinski definition) is 1. The fourth-order valence-corrected chi connectivity index (χ4v) is 2.63. The van der Waals surface area contributed by atoms with Gasteiger partial charge in [0.15, 0.2) is 0 Å². The van der Waals surface area contributed by atoms with Crippen LogP contribution in [0.3, 0.4) is 0 Å². The molecule has 1 aromatic carbocycles. The maximum Gasteiger partial charge on any atom is 0.304 e. The predicted molar refractivity (Wildman–Crippen MR) is 80.0 cm³/mol. The first-order valence-electron chi connectivity index (χ1n) is 7.51. The van der Waals surface area contributed by atoms with Crippen LogP contribution in [-0.4, -0.2) is 59.5 Å². The van der Waals surface area contributed by atoms with Gasteiger partial charge in [-0.3, -0.25) is 9.59 Å². The van der Waals surface area contributed by atoms with Crippen molar-refractivity contribution < 1.29 is 19.1 Å². The number of rotatable bonds is 5. The van der Waals surface area contributed by atoms with Crippen LogP contribution in [-0.2, 0) is 16.0 Å². The van der Waals surface area contributed by atoms with E-state index in [4.69, 9.17) is 5.11 Å². The minimum absolute atomic E-state index is 0.00863. The van der Waals surface area contributed by atoms with Crippen LogP contribution in [0.5, 0.6) is 0 Å². The molecule has 5 nitrogen and oxygen atoms in total. The summed E-state index contributed by atoms with van der Waals surface area (Å²) in [7, 11) is 0. The van der Waals surface area contributed by atoms with Gasteiger partial charge in [-0.1, -0.05) is 12.1 Å². The maximum atomic E-state index is 13.1. The van der Waals surface area contributed by atoms with Crippen LogP contribution < -0.4 is 0 Å². The predicted octanol–water partition coefficient (Wildman–Crippen LogP) is 1.38. The van der Waals surface area contributed by atoms with Gasteiger partial charge in [0.25, 0.3) is 0 Å². The Morgan fingerprint density at radius 3 is 2.73 bits per heavy atom. The third-order valence-corrected chi connectivity index (χ3v) is 3.83. The quantitative estimate of drug-likeness (QED) is 0.892. The second kappa shape index (κ2) is 7.89. The third-order valence-electron chi connectivity index (χ3n) is 3.83. The van der Waals surface area contributed by atoms with Crippen LogP contribution in [0.4, 0.5) is 4.39 Å². The zero-order valence-corrected chi connectivity index (χ0v) is 12.5. The Morgan fingerprint density at radius 2 is 2.00 bits per heavy atom. The molecule has 0 unspecified atom stereocenters. The zero-order chi connectivity index (χ0) is 15.9. The molecule has 0 radical (unpaired) electrons. The van der Waals surface area contributed by atoms with Gasteiger partial charge >= 0.3 is 5.97 Å². The molecule has 6 heteroatoms. The Morgan fingerprint density at radius 1 is 1.18 bits per heavy atom. The van der Waals surface area contributed by atoms with E-state index in [9.17, 15) is 14.0 Å². The fraction of sp³-hybridized carbons (Fsp3) is 0.500. The average molecular weight is 308 g/mol. The van der Waals surface area contributed by atoms with Gasteiger partial charge in [0, 0.05) is 26.2 Å². The van der Waals surface area contributed by atoms with Gasteiger partial charge in [-0.2, -0.15) is 0 Å². The number of carbonyl (C=O) groups is 2. The molecule has 0 spiro atoms. The second-order valence-electron chi connectivity index (χ2n) is 5.53. The molecule has 120 valence electrons. The molecule has 1 aromatic rings. The van der Waals surface area contributed by atoms with Gasteiger partial charge in [0.1, 0.15) is 5.82 Å². The number of halogens is 1. The molecule has 1 fully saturated rings. The Kier molecular flexibility index (Phi) is 5.89. The third kappa shape index (κ3) is 5.11. The molecule has 0 aromatic heterocycles. The summed E-state index contributed by atoms with van der Waals surface area (Å²) < 4.78 is 13.1. The molecular weight excluding hydrogens is 287 g/mol. The van der Waals surface area contributed by atoms with Crippen molar-refractivity contribution in [2.24, 2.45) is 0 Å². The lowest BCUT2D eigenvalue weighted by Crippen LogP contribution is -2.36. The highest BCUT2D eigenvalue weighted by atomic mass is 19.1. The molecule has 0 saturated carbocycles. The van der Waals surface area contributed by atoms with E-state index in [0.717, 1.165) is 13.0 Å². The van der Waals surface area contributed by atoms with E-state index >= 15 is 0 Å². The van der Waals surface area contributed by atoms with Crippen molar-refractivity contribution in [1.82, 2.24) is 9.80 Å². The average Bonchev–Trinajstić information content (AvgIpc) is 2.70. The number of hydrogen-bond acceptors (Lipinski definition) is 3. The Labute approximate surface area is 129 Å². The summed E-state index contributed by atoms with van der Waals surface area (Å²) in [5.41, 5.74) is 0.678. The monoisotopic (exact) mass is 308 g/mol. The van der Waals surface area contributed by atoms with E-state index in [1.165, 1.54) is 12.1 Å². The molecule has 0 atom stereocenters. The molecule has 0 aliphatic carbocycles. The Hall–Kier alpha value is -1.95. The van der Waals surface area contributed by atoms with E-state index in [0.29, 0.717) is 31.7 Å². The first kappa shape index (κ1) is 16.4. The minimum atomic E-state index is -0.803. The van der Waals surface area contributed by atoms with Crippen molar-refractivity contribution >= 4 is 11.9 Å². The molecular formula is C16H21FN2O3. The molecule has 0 bridgehead atoms. The van der Waals surface area contributed by atoms with Crippen molar-refractivity contribution in [3.8, 4) is 0 Å². The molecule has 1 aliphatic rings. The van der Waals surface area contributed by atoms with Crippen molar-refractivity contribution in [3.63, 3.8) is 0 Å². The van der Waals surface area contributed by atoms with Gasteiger partial charge in [0.2, 0.25) is 5.91 Å². The summed E-state index contributed by atoms with van der Waals surface area (Å²) in [4.78, 5) is 26.8. The van der Waals surface area contributed by atoms with Gasteiger partial charge in [-0.15, -0.1) is 0 Å². The lowest BCUT2D eigenvalue weighted by atomic mass is 10.1. The van der Waals surface area contributed by atoms with Crippen LogP contribution in [0.2, 0.25) is 0 Å². The second-order valence-corrected chi connectivity index (χ2v) is 5.53. The highest BCUT2D eigenvalue weighted by Crippen LogP contribution is 2.09. The van der Waals surface area contributed by atoms with Crippen LogP contribution in [0.1, 0.15) is 18.4 Å². The van der Waals surface area contributed by atoms with Crippen molar-refractivity contribution in [2.45, 2.75) is 19.3 Å². The van der Waals surface area contributed by atoms with Crippen LogP contribution in [0.25, 0.3) is 0 Å². The maximum absolute atomic E-state index is 13.1. The number of carboxylic acids is 1. The van der Waals surface area contributed by atoms with E-state index in [2.05, 4.69) is 4.90 Å². The number of aliphatic carboxylic acids is 1. The van der Waals surface area contributed by atoms with Gasteiger partial charge < -0.3 is 14.9 Å². The first-order valence-corrected chi connectivity index (χ1v) is 7.51. The van der Waals surface area contributed by atoms with Crippen LogP contribution >= 0.6 is 0 Å². The fourth-order valence-electron chi connectivity index (χ4n) is 2.63. The highest BCUT2D eigenvalue weighted by molar-refractivity contribution is 5.78. The standard InChI is InChI=1S/C16H21FN2O3/c17-14-4-1-3-13(11-14)12-15(20)19-7-2-6-18(9-10-19)8-5-16(21)22/h1,3-4,11H,2,5-10,12H2,(H,21,22). The molecule has 22 heavy (non-hydrogen) atoms. The Bertz CT molecular complexity index is 536. The highest BCUT2D eigenvalue weighted by Gasteiger charge is 2.19. The number of carboxylic acid groups (broad SMARTS) is 1. The van der Waals surface area contributed by atoms with Gasteiger partial charge in [-0.05, 0) is 30.7 Å². The summed E-state index contributed by atoms with van der Waals surface area (Å²) in [5.74, 6) is -1.14. The summed E-state index contributed by atoms with van der Waals surface area (Å²) in [6.07, 6.45) is 1.15. The zero-order valence-electron chi connectivity index (χ0n) is 12.5. The molecule has 1 aliphatic heterocycles. The van der Waals surface area contributed by atoms with Crippen molar-refractivity contribution in [1.29, 1.82) is 0 Å². The van der Waals surface area contributed by atoms with E-state index in [-0.39, 0.29) is 24.6 Å². The lowest BCUT2D eigenvalue weighted by Gasteiger charge is -2.21. The van der Waals surface area contributed by atoms with E-state index in [1.54, 1.807) is 17.0 Å². The molecule has 1 N–H and O–H groups in total. The SMILES string of the molecule is O=C(O)CCN1CCCN(C(=O)Cc2cccc(F)c2)CC1. The Balaban J connectivity index is 1.85. The van der Waals surface area contributed by atoms with E-state index in [1.807, 2.05) is 0 Å². The molecule has 2 rings (SSSR count). The summed E-state index contributed by atoms with van der Waals surface area (Å²) in [6.45, 7) is 3.26. The van der Waals surface area contributed by atoms with Crippen LogP contribution in [0, 0.1) is 5.82 Å². The van der Waals surface area contributed by atoms with Crippen molar-refractivity contribution in [2.75, 3.05) is 32.7 Å². The number of benzene rings is 1. The number of nitrogens with zero attached hydrogens (tertiary/aromatic N) is 2. The molecule has 1 heterocycles. The largest absolute Gasteiger partial charge is 0.481 e.